The SMILES string of the molecule is CC1(CC(=O)O)CN(Cc2ccccc2C(F)(F)F)C(=O)O1. The normalized spacial score (nSPS) is 21.8. The minimum atomic E-state index is -4.52. The van der Waals surface area contributed by atoms with Crippen LogP contribution in [0.25, 0.3) is 0 Å². The van der Waals surface area contributed by atoms with E-state index >= 15 is 0 Å². The molecule has 0 aliphatic carbocycles. The molecule has 1 aromatic carbocycles. The molecule has 1 heterocycles. The van der Waals surface area contributed by atoms with Gasteiger partial charge >= 0.3 is 18.2 Å². The van der Waals surface area contributed by atoms with E-state index in [-0.39, 0.29) is 18.7 Å². The molecule has 0 bridgehead atoms. The monoisotopic (exact) mass is 317 g/mol. The zero-order valence-electron chi connectivity index (χ0n) is 11.7. The smallest absolute Gasteiger partial charge is 0.416 e. The second kappa shape index (κ2) is 5.51. The first-order valence-corrected chi connectivity index (χ1v) is 6.45. The first-order chi connectivity index (χ1) is 10.1. The van der Waals surface area contributed by atoms with Gasteiger partial charge in [-0.05, 0) is 18.6 Å². The van der Waals surface area contributed by atoms with Crippen molar-refractivity contribution in [2.45, 2.75) is 31.7 Å². The number of benzene rings is 1. The quantitative estimate of drug-likeness (QED) is 0.927. The summed E-state index contributed by atoms with van der Waals surface area (Å²) < 4.78 is 43.8. The van der Waals surface area contributed by atoms with Gasteiger partial charge < -0.3 is 9.84 Å². The number of carbonyl (C=O) groups excluding carboxylic acids is 1. The number of alkyl halides is 3. The van der Waals surface area contributed by atoms with Crippen LogP contribution in [-0.4, -0.2) is 34.2 Å². The fourth-order valence-corrected chi connectivity index (χ4v) is 2.45. The molecule has 120 valence electrons. The molecule has 0 aromatic heterocycles. The summed E-state index contributed by atoms with van der Waals surface area (Å²) in [4.78, 5) is 23.6. The van der Waals surface area contributed by atoms with Crippen molar-refractivity contribution in [2.24, 2.45) is 0 Å². The molecule has 22 heavy (non-hydrogen) atoms. The topological polar surface area (TPSA) is 66.8 Å². The first kappa shape index (κ1) is 16.1. The molecule has 1 aliphatic rings. The number of ether oxygens (including phenoxy) is 1. The highest BCUT2D eigenvalue weighted by atomic mass is 19.4. The number of carboxylic acid groups (broad SMARTS) is 1. The summed E-state index contributed by atoms with van der Waals surface area (Å²) in [5.41, 5.74) is -2.13. The van der Waals surface area contributed by atoms with E-state index in [2.05, 4.69) is 0 Å². The number of nitrogens with zero attached hydrogens (tertiary/aromatic N) is 1. The minimum Gasteiger partial charge on any atom is -0.481 e. The van der Waals surface area contributed by atoms with Gasteiger partial charge in [-0.2, -0.15) is 13.2 Å². The van der Waals surface area contributed by atoms with Crippen LogP contribution in [0.3, 0.4) is 0 Å². The molecule has 8 heteroatoms. The number of carboxylic acids is 1. The Labute approximate surface area is 124 Å². The van der Waals surface area contributed by atoms with E-state index in [1.54, 1.807) is 0 Å². The van der Waals surface area contributed by atoms with Crippen molar-refractivity contribution in [3.05, 3.63) is 35.4 Å². The number of cyclic esters (lactones) is 1. The number of carbonyl (C=O) groups is 2. The molecule has 1 aliphatic heterocycles. The van der Waals surface area contributed by atoms with Crippen molar-refractivity contribution in [1.29, 1.82) is 0 Å². The Morgan fingerprint density at radius 3 is 2.64 bits per heavy atom. The average Bonchev–Trinajstić information content (AvgIpc) is 2.62. The lowest BCUT2D eigenvalue weighted by molar-refractivity contribution is -0.141. The van der Waals surface area contributed by atoms with Crippen molar-refractivity contribution in [3.63, 3.8) is 0 Å². The Hall–Kier alpha value is -2.25. The zero-order valence-corrected chi connectivity index (χ0v) is 11.7. The van der Waals surface area contributed by atoms with Crippen molar-refractivity contribution >= 4 is 12.1 Å². The van der Waals surface area contributed by atoms with Gasteiger partial charge in [-0.1, -0.05) is 18.2 Å². The molecule has 1 fully saturated rings. The largest absolute Gasteiger partial charge is 0.481 e. The third-order valence-electron chi connectivity index (χ3n) is 3.33. The third kappa shape index (κ3) is 3.49. The van der Waals surface area contributed by atoms with Crippen LogP contribution in [0.15, 0.2) is 24.3 Å². The molecule has 0 radical (unpaired) electrons. The number of rotatable bonds is 4. The molecule has 1 aromatic rings. The highest BCUT2D eigenvalue weighted by molar-refractivity contribution is 5.74. The van der Waals surface area contributed by atoms with Crippen LogP contribution in [0.2, 0.25) is 0 Å². The molecule has 2 rings (SSSR count). The number of halogens is 3. The molecule has 1 saturated heterocycles. The van der Waals surface area contributed by atoms with E-state index < -0.39 is 35.8 Å². The van der Waals surface area contributed by atoms with Crippen molar-refractivity contribution in [2.75, 3.05) is 6.54 Å². The number of hydrogen-bond donors (Lipinski definition) is 1. The van der Waals surface area contributed by atoms with E-state index in [1.807, 2.05) is 0 Å². The van der Waals surface area contributed by atoms with E-state index in [0.29, 0.717) is 0 Å². The zero-order chi connectivity index (χ0) is 16.5. The van der Waals surface area contributed by atoms with Crippen LogP contribution >= 0.6 is 0 Å². The summed E-state index contributed by atoms with van der Waals surface area (Å²) >= 11 is 0. The van der Waals surface area contributed by atoms with E-state index in [4.69, 9.17) is 9.84 Å². The number of amides is 1. The highest BCUT2D eigenvalue weighted by Crippen LogP contribution is 2.34. The van der Waals surface area contributed by atoms with Gasteiger partial charge in [0, 0.05) is 6.54 Å². The van der Waals surface area contributed by atoms with Crippen LogP contribution in [0.1, 0.15) is 24.5 Å². The van der Waals surface area contributed by atoms with Gasteiger partial charge in [0.05, 0.1) is 18.5 Å². The highest BCUT2D eigenvalue weighted by Gasteiger charge is 2.43. The molecule has 5 nitrogen and oxygen atoms in total. The molecule has 0 spiro atoms. The lowest BCUT2D eigenvalue weighted by Crippen LogP contribution is -2.33. The predicted molar refractivity (Wildman–Crippen MR) is 69.0 cm³/mol. The predicted octanol–water partition coefficient (Wildman–Crippen LogP) is 2.89. The maximum Gasteiger partial charge on any atom is 0.416 e. The average molecular weight is 317 g/mol. The van der Waals surface area contributed by atoms with Gasteiger partial charge in [0.25, 0.3) is 0 Å². The maximum atomic E-state index is 12.9. The van der Waals surface area contributed by atoms with Gasteiger partial charge in [-0.15, -0.1) is 0 Å². The van der Waals surface area contributed by atoms with Gasteiger partial charge in [0.2, 0.25) is 0 Å². The summed E-state index contributed by atoms with van der Waals surface area (Å²) in [5.74, 6) is -1.15. The maximum absolute atomic E-state index is 12.9. The molecule has 1 amide bonds. The Morgan fingerprint density at radius 1 is 1.41 bits per heavy atom. The number of hydrogen-bond acceptors (Lipinski definition) is 3. The molecule has 1 atom stereocenters. The fraction of sp³-hybridized carbons (Fsp3) is 0.429. The van der Waals surface area contributed by atoms with Crippen LogP contribution < -0.4 is 0 Å². The summed E-state index contributed by atoms with van der Waals surface area (Å²) in [5, 5.41) is 8.79. The second-order valence-corrected chi connectivity index (χ2v) is 5.40. The molecular formula is C14H14F3NO4. The Balaban J connectivity index is 2.19. The molecule has 1 N–H and O–H groups in total. The van der Waals surface area contributed by atoms with Gasteiger partial charge in [0.15, 0.2) is 0 Å². The summed E-state index contributed by atoms with van der Waals surface area (Å²) in [6, 6.07) is 4.93. The van der Waals surface area contributed by atoms with E-state index in [0.717, 1.165) is 11.0 Å². The van der Waals surface area contributed by atoms with Gasteiger partial charge in [-0.3, -0.25) is 9.69 Å². The Morgan fingerprint density at radius 2 is 2.05 bits per heavy atom. The standard InChI is InChI=1S/C14H14F3NO4/c1-13(6-11(19)20)8-18(12(21)22-13)7-9-4-2-3-5-10(9)14(15,16)17/h2-5H,6-8H2,1H3,(H,19,20). The summed E-state index contributed by atoms with van der Waals surface area (Å²) in [6.45, 7) is 1.07. The second-order valence-electron chi connectivity index (χ2n) is 5.40. The third-order valence-corrected chi connectivity index (χ3v) is 3.33. The minimum absolute atomic E-state index is 0.0634. The summed E-state index contributed by atoms with van der Waals surface area (Å²) in [7, 11) is 0. The van der Waals surface area contributed by atoms with Crippen molar-refractivity contribution in [3.8, 4) is 0 Å². The van der Waals surface area contributed by atoms with Crippen LogP contribution in [0, 0.1) is 0 Å². The summed E-state index contributed by atoms with van der Waals surface area (Å²) in [6.07, 6.45) is -5.75. The van der Waals surface area contributed by atoms with Gasteiger partial charge in [0.1, 0.15) is 5.60 Å². The lowest BCUT2D eigenvalue weighted by Gasteiger charge is -2.20. The van der Waals surface area contributed by atoms with Crippen LogP contribution in [0.4, 0.5) is 18.0 Å². The Kier molecular flexibility index (Phi) is 4.04. The van der Waals surface area contributed by atoms with E-state index in [1.165, 1.54) is 25.1 Å². The number of aliphatic carboxylic acids is 1. The van der Waals surface area contributed by atoms with Crippen molar-refractivity contribution < 1.29 is 32.6 Å². The first-order valence-electron chi connectivity index (χ1n) is 6.45. The van der Waals surface area contributed by atoms with Crippen LogP contribution in [0.5, 0.6) is 0 Å². The van der Waals surface area contributed by atoms with Crippen LogP contribution in [-0.2, 0) is 22.3 Å². The molecular weight excluding hydrogens is 303 g/mol. The Bertz CT molecular complexity index is 602. The fourth-order valence-electron chi connectivity index (χ4n) is 2.45. The molecule has 1 unspecified atom stereocenters. The lowest BCUT2D eigenvalue weighted by atomic mass is 10.0. The van der Waals surface area contributed by atoms with Crippen molar-refractivity contribution in [1.82, 2.24) is 4.90 Å². The molecule has 0 saturated carbocycles. The van der Waals surface area contributed by atoms with Gasteiger partial charge in [-0.25, -0.2) is 4.79 Å². The van der Waals surface area contributed by atoms with E-state index in [9.17, 15) is 22.8 Å².